The molecule has 2 nitrogen and oxygen atoms in total. The van der Waals surface area contributed by atoms with Gasteiger partial charge in [-0.3, -0.25) is 4.79 Å². The molecule has 0 amide bonds. The van der Waals surface area contributed by atoms with Crippen molar-refractivity contribution < 1.29 is 12.3 Å². The second-order valence-electron chi connectivity index (χ2n) is 3.79. The lowest BCUT2D eigenvalue weighted by Gasteiger charge is -2.09. The fourth-order valence-electron chi connectivity index (χ4n) is 2.32. The molecule has 0 N–H and O–H groups in total. The first-order valence-corrected chi connectivity index (χ1v) is 4.72. The largest absolute Gasteiger partial charge is 0.466 e. The van der Waals surface area contributed by atoms with Gasteiger partial charge in [0.1, 0.15) is 0 Å². The summed E-state index contributed by atoms with van der Waals surface area (Å²) in [6.07, 6.45) is 2.11. The molecule has 2 aliphatic carbocycles. The van der Waals surface area contributed by atoms with Gasteiger partial charge in [0, 0.05) is 2.74 Å². The maximum absolute atomic E-state index is 11.5. The lowest BCUT2D eigenvalue weighted by Crippen LogP contribution is -2.11. The van der Waals surface area contributed by atoms with Crippen LogP contribution in [-0.4, -0.2) is 12.6 Å². The van der Waals surface area contributed by atoms with Crippen molar-refractivity contribution in [3.63, 3.8) is 0 Å². The predicted octanol–water partition coefficient (Wildman–Crippen LogP) is 2.13. The van der Waals surface area contributed by atoms with Gasteiger partial charge in [0.05, 0.1) is 13.0 Å². The Labute approximate surface area is 76.1 Å². The van der Waals surface area contributed by atoms with E-state index in [-0.39, 0.29) is 12.0 Å². The highest BCUT2D eigenvalue weighted by Crippen LogP contribution is 2.65. The van der Waals surface area contributed by atoms with Gasteiger partial charge >= 0.3 is 5.97 Å². The fraction of sp³-hybridized carbons (Fsp3) is 0.900. The summed E-state index contributed by atoms with van der Waals surface area (Å²) in [6.45, 7) is 1.98. The third kappa shape index (κ3) is 1.23. The Bertz CT molecular complexity index is 265. The average Bonchev–Trinajstić information content (AvgIpc) is 2.71. The summed E-state index contributed by atoms with van der Waals surface area (Å²) in [5.41, 5.74) is -0.362. The molecular formula is C10H16O2. The van der Waals surface area contributed by atoms with E-state index in [1.807, 2.05) is 0 Å². The van der Waals surface area contributed by atoms with Gasteiger partial charge in [0.25, 0.3) is 0 Å². The van der Waals surface area contributed by atoms with Gasteiger partial charge < -0.3 is 4.74 Å². The first-order chi connectivity index (χ1) is 6.54. The molecular weight excluding hydrogens is 152 g/mol. The number of rotatable bonds is 3. The van der Waals surface area contributed by atoms with Gasteiger partial charge in [0.2, 0.25) is 0 Å². The van der Waals surface area contributed by atoms with Crippen molar-refractivity contribution in [2.24, 2.45) is 11.3 Å². The van der Waals surface area contributed by atoms with Crippen molar-refractivity contribution in [2.45, 2.75) is 39.0 Å². The molecule has 0 spiro atoms. The molecule has 2 fully saturated rings. The van der Waals surface area contributed by atoms with Crippen LogP contribution in [0.5, 0.6) is 0 Å². The zero-order valence-corrected chi connectivity index (χ0v) is 7.43. The van der Waals surface area contributed by atoms with Crippen molar-refractivity contribution in [1.29, 1.82) is 0 Å². The zero-order chi connectivity index (χ0) is 10.4. The maximum Gasteiger partial charge on any atom is 0.306 e. The molecule has 0 bridgehead atoms. The Kier molecular flexibility index (Phi) is 1.38. The lowest BCUT2D eigenvalue weighted by atomic mass is 10.00. The van der Waals surface area contributed by atoms with Crippen LogP contribution in [0.4, 0.5) is 0 Å². The van der Waals surface area contributed by atoms with Crippen LogP contribution in [0.15, 0.2) is 0 Å². The van der Waals surface area contributed by atoms with E-state index in [1.54, 1.807) is 6.92 Å². The van der Waals surface area contributed by atoms with Crippen LogP contribution in [0.2, 0.25) is 0 Å². The molecule has 68 valence electrons. The Morgan fingerprint density at radius 3 is 3.17 bits per heavy atom. The van der Waals surface area contributed by atoms with E-state index in [9.17, 15) is 4.79 Å². The van der Waals surface area contributed by atoms with E-state index < -0.39 is 12.3 Å². The predicted molar refractivity (Wildman–Crippen MR) is 45.6 cm³/mol. The van der Waals surface area contributed by atoms with E-state index in [0.717, 1.165) is 25.7 Å². The quantitative estimate of drug-likeness (QED) is 0.606. The molecule has 0 radical (unpaired) electrons. The third-order valence-corrected chi connectivity index (χ3v) is 3.03. The van der Waals surface area contributed by atoms with E-state index in [1.165, 1.54) is 0 Å². The molecule has 0 aromatic heterocycles. The first-order valence-electron chi connectivity index (χ1n) is 5.72. The van der Waals surface area contributed by atoms with Crippen LogP contribution >= 0.6 is 0 Å². The molecule has 2 heteroatoms. The van der Waals surface area contributed by atoms with Crippen LogP contribution in [0.25, 0.3) is 0 Å². The minimum absolute atomic E-state index is 0.263. The number of carbonyl (C=O) groups is 1. The lowest BCUT2D eigenvalue weighted by molar-refractivity contribution is -0.144. The number of fused-ring (bicyclic) bond motifs is 1. The van der Waals surface area contributed by atoms with E-state index in [0.29, 0.717) is 5.92 Å². The standard InChI is InChI=1S/C10H16O2/c1-2-12-9(11)7-10-5-3-4-8(10)6-10/h8H,2-7H2,1H3/i7D2. The monoisotopic (exact) mass is 170 g/mol. The third-order valence-electron chi connectivity index (χ3n) is 3.03. The zero-order valence-electron chi connectivity index (χ0n) is 9.43. The normalized spacial score (nSPS) is 41.2. The summed E-state index contributed by atoms with van der Waals surface area (Å²) < 4.78 is 20.5. The van der Waals surface area contributed by atoms with Crippen molar-refractivity contribution >= 4 is 5.97 Å². The first kappa shape index (κ1) is 6.01. The summed E-state index contributed by atoms with van der Waals surface area (Å²) in [5.74, 6) is -0.230. The number of hydrogen-bond donors (Lipinski definition) is 0. The Morgan fingerprint density at radius 1 is 1.83 bits per heavy atom. The van der Waals surface area contributed by atoms with Gasteiger partial charge in [0.15, 0.2) is 0 Å². The van der Waals surface area contributed by atoms with Gasteiger partial charge in [-0.25, -0.2) is 0 Å². The van der Waals surface area contributed by atoms with Crippen molar-refractivity contribution in [1.82, 2.24) is 0 Å². The van der Waals surface area contributed by atoms with Crippen LogP contribution in [-0.2, 0) is 9.53 Å². The molecule has 0 aliphatic heterocycles. The minimum Gasteiger partial charge on any atom is -0.466 e. The van der Waals surface area contributed by atoms with Gasteiger partial charge in [-0.15, -0.1) is 0 Å². The number of esters is 1. The summed E-state index contributed by atoms with van der Waals surface area (Å²) >= 11 is 0. The Morgan fingerprint density at radius 2 is 2.67 bits per heavy atom. The SMILES string of the molecule is [2H]C([2H])(C(=O)OCC)C12CCCC1C2. The van der Waals surface area contributed by atoms with Crippen LogP contribution in [0.3, 0.4) is 0 Å². The maximum atomic E-state index is 11.5. The fourth-order valence-corrected chi connectivity index (χ4v) is 2.32. The highest BCUT2D eigenvalue weighted by molar-refractivity contribution is 5.71. The molecule has 0 heterocycles. The van der Waals surface area contributed by atoms with Gasteiger partial charge in [-0.2, -0.15) is 0 Å². The average molecular weight is 170 g/mol. The van der Waals surface area contributed by atoms with Crippen LogP contribution in [0.1, 0.15) is 41.7 Å². The Hall–Kier alpha value is -0.530. The topological polar surface area (TPSA) is 26.3 Å². The number of hydrogen-bond acceptors (Lipinski definition) is 2. The second kappa shape index (κ2) is 2.75. The summed E-state index contributed by atoms with van der Waals surface area (Å²) in [5, 5.41) is 0. The summed E-state index contributed by atoms with van der Waals surface area (Å²) in [7, 11) is 0. The van der Waals surface area contributed by atoms with E-state index >= 15 is 0 Å². The molecule has 2 rings (SSSR count). The number of ether oxygens (including phenoxy) is 1. The van der Waals surface area contributed by atoms with Crippen LogP contribution in [0, 0.1) is 11.3 Å². The van der Waals surface area contributed by atoms with Gasteiger partial charge in [-0.1, -0.05) is 6.42 Å². The molecule has 2 atom stereocenters. The highest BCUT2D eigenvalue weighted by Gasteiger charge is 2.57. The summed E-state index contributed by atoms with van der Waals surface area (Å²) in [4.78, 5) is 11.5. The molecule has 0 saturated heterocycles. The van der Waals surface area contributed by atoms with E-state index in [4.69, 9.17) is 7.48 Å². The molecule has 2 unspecified atom stereocenters. The van der Waals surface area contributed by atoms with Crippen LogP contribution < -0.4 is 0 Å². The number of carbonyl (C=O) groups excluding carboxylic acids is 1. The minimum atomic E-state index is -1.76. The molecule has 0 aromatic carbocycles. The van der Waals surface area contributed by atoms with E-state index in [2.05, 4.69) is 0 Å². The highest BCUT2D eigenvalue weighted by atomic mass is 16.5. The second-order valence-corrected chi connectivity index (χ2v) is 3.79. The van der Waals surface area contributed by atoms with Crippen molar-refractivity contribution in [3.8, 4) is 0 Å². The molecule has 2 aliphatic rings. The van der Waals surface area contributed by atoms with Crippen molar-refractivity contribution in [2.75, 3.05) is 6.61 Å². The summed E-state index contributed by atoms with van der Waals surface area (Å²) in [6, 6.07) is 0. The smallest absolute Gasteiger partial charge is 0.306 e. The molecule has 0 aromatic rings. The Balaban J connectivity index is 2.12. The molecule has 2 saturated carbocycles. The molecule has 12 heavy (non-hydrogen) atoms. The van der Waals surface area contributed by atoms with Gasteiger partial charge in [-0.05, 0) is 37.5 Å². The van der Waals surface area contributed by atoms with Crippen molar-refractivity contribution in [3.05, 3.63) is 0 Å².